The fourth-order valence-corrected chi connectivity index (χ4v) is 5.43. The lowest BCUT2D eigenvalue weighted by Gasteiger charge is -2.18. The minimum absolute atomic E-state index is 0.0957. The normalized spacial score (nSPS) is 12.6. The van der Waals surface area contributed by atoms with Crippen LogP contribution in [0.4, 0.5) is 10.8 Å². The van der Waals surface area contributed by atoms with E-state index in [0.717, 1.165) is 24.9 Å². The number of ether oxygens (including phenoxy) is 1. The number of hydrogen-bond donors (Lipinski definition) is 0. The number of benzene rings is 1. The Kier molecular flexibility index (Phi) is 5.78. The van der Waals surface area contributed by atoms with Crippen molar-refractivity contribution in [2.24, 2.45) is 0 Å². The second-order valence-corrected chi connectivity index (χ2v) is 8.96. The monoisotopic (exact) mass is 426 g/mol. The van der Waals surface area contributed by atoms with Gasteiger partial charge in [-0.3, -0.25) is 9.69 Å². The molecule has 4 rings (SSSR count). The van der Waals surface area contributed by atoms with E-state index in [0.29, 0.717) is 15.7 Å². The summed E-state index contributed by atoms with van der Waals surface area (Å²) in [6, 6.07) is 9.84. The van der Waals surface area contributed by atoms with Crippen LogP contribution in [-0.4, -0.2) is 16.9 Å². The standard InChI is InChI=1S/C22H22N2O3S2/c1-3-15-7-9-18(10-8-15)24(14(2)25)22-23-17(13-28-22)12-27-21(26)20-11-16-5-4-6-19(16)29-20/h7-11,13H,3-6,12H2,1-2H3. The van der Waals surface area contributed by atoms with Gasteiger partial charge >= 0.3 is 5.97 Å². The minimum atomic E-state index is -0.308. The number of esters is 1. The van der Waals surface area contributed by atoms with Crippen molar-refractivity contribution < 1.29 is 14.3 Å². The molecule has 1 aliphatic rings. The summed E-state index contributed by atoms with van der Waals surface area (Å²) in [5, 5.41) is 2.40. The predicted octanol–water partition coefficient (Wildman–Crippen LogP) is 5.30. The number of amides is 1. The van der Waals surface area contributed by atoms with E-state index in [1.54, 1.807) is 4.90 Å². The number of hydrogen-bond acceptors (Lipinski definition) is 6. The molecule has 0 fully saturated rings. The number of aromatic nitrogens is 1. The van der Waals surface area contributed by atoms with Crippen LogP contribution in [-0.2, 0) is 35.4 Å². The molecule has 0 bridgehead atoms. The van der Waals surface area contributed by atoms with E-state index in [2.05, 4.69) is 11.9 Å². The Morgan fingerprint density at radius 3 is 2.69 bits per heavy atom. The van der Waals surface area contributed by atoms with Crippen molar-refractivity contribution >= 4 is 45.4 Å². The maximum absolute atomic E-state index is 12.4. The van der Waals surface area contributed by atoms with Gasteiger partial charge in [-0.25, -0.2) is 9.78 Å². The van der Waals surface area contributed by atoms with E-state index in [1.165, 1.54) is 52.0 Å². The maximum Gasteiger partial charge on any atom is 0.348 e. The minimum Gasteiger partial charge on any atom is -0.455 e. The smallest absolute Gasteiger partial charge is 0.348 e. The molecule has 0 saturated heterocycles. The number of fused-ring (bicyclic) bond motifs is 1. The van der Waals surface area contributed by atoms with Gasteiger partial charge in [-0.15, -0.1) is 22.7 Å². The molecule has 5 nitrogen and oxygen atoms in total. The number of thiazole rings is 1. The van der Waals surface area contributed by atoms with Crippen molar-refractivity contribution in [3.8, 4) is 0 Å². The predicted molar refractivity (Wildman–Crippen MR) is 116 cm³/mol. The molecule has 0 saturated carbocycles. The quantitative estimate of drug-likeness (QED) is 0.502. The van der Waals surface area contributed by atoms with E-state index in [1.807, 2.05) is 35.7 Å². The zero-order valence-corrected chi connectivity index (χ0v) is 18.1. The fraction of sp³-hybridized carbons (Fsp3) is 0.318. The van der Waals surface area contributed by atoms with Crippen molar-refractivity contribution in [2.45, 2.75) is 46.1 Å². The molecule has 150 valence electrons. The lowest BCUT2D eigenvalue weighted by Crippen LogP contribution is -2.22. The van der Waals surface area contributed by atoms with Crippen LogP contribution in [0.5, 0.6) is 0 Å². The third-order valence-corrected chi connectivity index (χ3v) is 7.04. The largest absolute Gasteiger partial charge is 0.455 e. The highest BCUT2D eigenvalue weighted by molar-refractivity contribution is 7.14. The highest BCUT2D eigenvalue weighted by atomic mass is 32.1. The highest BCUT2D eigenvalue weighted by Gasteiger charge is 2.21. The lowest BCUT2D eigenvalue weighted by atomic mass is 10.1. The molecule has 0 radical (unpaired) electrons. The number of rotatable bonds is 6. The number of carbonyl (C=O) groups is 2. The summed E-state index contributed by atoms with van der Waals surface area (Å²) in [6.07, 6.45) is 4.23. The van der Waals surface area contributed by atoms with E-state index in [9.17, 15) is 9.59 Å². The number of carbonyl (C=O) groups excluding carboxylic acids is 2. The molecule has 0 N–H and O–H groups in total. The molecule has 0 aliphatic heterocycles. The lowest BCUT2D eigenvalue weighted by molar-refractivity contribution is -0.115. The number of aryl methyl sites for hydroxylation is 3. The van der Waals surface area contributed by atoms with E-state index in [-0.39, 0.29) is 18.5 Å². The Morgan fingerprint density at radius 1 is 1.21 bits per heavy atom. The third-order valence-electron chi connectivity index (χ3n) is 4.95. The van der Waals surface area contributed by atoms with Crippen LogP contribution in [0, 0.1) is 0 Å². The molecular weight excluding hydrogens is 404 g/mol. The molecule has 7 heteroatoms. The van der Waals surface area contributed by atoms with Crippen molar-refractivity contribution in [1.82, 2.24) is 4.98 Å². The SMILES string of the molecule is CCc1ccc(N(C(C)=O)c2nc(COC(=O)c3cc4c(s3)CCC4)cs2)cc1. The average molecular weight is 427 g/mol. The fourth-order valence-electron chi connectivity index (χ4n) is 3.41. The molecule has 0 spiro atoms. The van der Waals surface area contributed by atoms with Crippen molar-refractivity contribution in [3.05, 3.63) is 62.3 Å². The van der Waals surface area contributed by atoms with Crippen LogP contribution in [0.1, 0.15) is 51.6 Å². The summed E-state index contributed by atoms with van der Waals surface area (Å²) in [4.78, 5) is 32.7. The molecule has 2 aromatic heterocycles. The molecule has 0 unspecified atom stereocenters. The number of anilines is 2. The van der Waals surface area contributed by atoms with Crippen LogP contribution >= 0.6 is 22.7 Å². The molecule has 0 atom stereocenters. The number of thiophene rings is 1. The summed E-state index contributed by atoms with van der Waals surface area (Å²) in [5.74, 6) is -0.419. The van der Waals surface area contributed by atoms with E-state index < -0.39 is 0 Å². The Morgan fingerprint density at radius 2 is 2.00 bits per heavy atom. The van der Waals surface area contributed by atoms with Gasteiger partial charge in [0.15, 0.2) is 5.13 Å². The van der Waals surface area contributed by atoms with E-state index in [4.69, 9.17) is 4.74 Å². The maximum atomic E-state index is 12.4. The van der Waals surface area contributed by atoms with Gasteiger partial charge in [0.25, 0.3) is 0 Å². The molecular formula is C22H22N2O3S2. The van der Waals surface area contributed by atoms with Crippen molar-refractivity contribution in [3.63, 3.8) is 0 Å². The van der Waals surface area contributed by atoms with Crippen LogP contribution in [0.2, 0.25) is 0 Å². The average Bonchev–Trinajstić information content (AvgIpc) is 3.43. The van der Waals surface area contributed by atoms with Crippen LogP contribution in [0.15, 0.2) is 35.7 Å². The molecule has 3 aromatic rings. The van der Waals surface area contributed by atoms with Gasteiger partial charge in [0.1, 0.15) is 11.5 Å². The number of nitrogens with zero attached hydrogens (tertiary/aromatic N) is 2. The highest BCUT2D eigenvalue weighted by Crippen LogP contribution is 2.32. The Balaban J connectivity index is 1.44. The van der Waals surface area contributed by atoms with E-state index >= 15 is 0 Å². The molecule has 29 heavy (non-hydrogen) atoms. The van der Waals surface area contributed by atoms with Gasteiger partial charge in [0.05, 0.1) is 11.4 Å². The summed E-state index contributed by atoms with van der Waals surface area (Å²) in [6.45, 7) is 3.71. The Labute approximate surface area is 178 Å². The van der Waals surface area contributed by atoms with Crippen molar-refractivity contribution in [2.75, 3.05) is 4.90 Å². The van der Waals surface area contributed by atoms with Crippen LogP contribution in [0.3, 0.4) is 0 Å². The molecule has 2 heterocycles. The first-order valence-electron chi connectivity index (χ1n) is 9.68. The topological polar surface area (TPSA) is 59.5 Å². The van der Waals surface area contributed by atoms with Crippen LogP contribution in [0.25, 0.3) is 0 Å². The summed E-state index contributed by atoms with van der Waals surface area (Å²) >= 11 is 2.90. The second kappa shape index (κ2) is 8.47. The third kappa shape index (κ3) is 4.26. The summed E-state index contributed by atoms with van der Waals surface area (Å²) < 4.78 is 5.45. The second-order valence-electron chi connectivity index (χ2n) is 6.98. The van der Waals surface area contributed by atoms with Gasteiger partial charge < -0.3 is 4.74 Å². The first-order chi connectivity index (χ1) is 14.0. The first-order valence-corrected chi connectivity index (χ1v) is 11.4. The molecule has 1 aromatic carbocycles. The Bertz CT molecular complexity index is 1020. The Hall–Kier alpha value is -2.51. The van der Waals surface area contributed by atoms with Gasteiger partial charge in [0, 0.05) is 17.2 Å². The first kappa shape index (κ1) is 19.8. The molecule has 1 amide bonds. The van der Waals surface area contributed by atoms with Gasteiger partial charge in [0.2, 0.25) is 5.91 Å². The summed E-state index contributed by atoms with van der Waals surface area (Å²) in [7, 11) is 0. The van der Waals surface area contributed by atoms with Crippen LogP contribution < -0.4 is 4.90 Å². The zero-order valence-electron chi connectivity index (χ0n) is 16.4. The van der Waals surface area contributed by atoms with Crippen molar-refractivity contribution in [1.29, 1.82) is 0 Å². The van der Waals surface area contributed by atoms with Gasteiger partial charge in [-0.1, -0.05) is 19.1 Å². The van der Waals surface area contributed by atoms with Gasteiger partial charge in [-0.2, -0.15) is 0 Å². The summed E-state index contributed by atoms with van der Waals surface area (Å²) in [5.41, 5.74) is 3.91. The van der Waals surface area contributed by atoms with Gasteiger partial charge in [-0.05, 0) is 55.0 Å². The molecule has 1 aliphatic carbocycles. The zero-order chi connectivity index (χ0) is 20.4.